The van der Waals surface area contributed by atoms with Crippen LogP contribution in [0.5, 0.6) is 0 Å². The number of rotatable bonds is 5. The van der Waals surface area contributed by atoms with Crippen molar-refractivity contribution >= 4 is 23.7 Å². The molecule has 0 aromatic heterocycles. The van der Waals surface area contributed by atoms with Crippen LogP contribution >= 0.6 is 11.8 Å². The summed E-state index contributed by atoms with van der Waals surface area (Å²) in [4.78, 5) is 22.3. The van der Waals surface area contributed by atoms with E-state index in [1.807, 2.05) is 6.92 Å². The van der Waals surface area contributed by atoms with Crippen molar-refractivity contribution < 1.29 is 19.8 Å². The minimum atomic E-state index is -1.11. The maximum absolute atomic E-state index is 10.8. The first-order chi connectivity index (χ1) is 7.54. The average Bonchev–Trinajstić information content (AvgIpc) is 2.25. The second-order valence-corrected chi connectivity index (χ2v) is 4.37. The van der Waals surface area contributed by atoms with Gasteiger partial charge in [0.2, 0.25) is 0 Å². The molecule has 1 aromatic carbocycles. The molecule has 0 spiro atoms. The molecule has 0 unspecified atom stereocenters. The summed E-state index contributed by atoms with van der Waals surface area (Å²) < 4.78 is 0. The van der Waals surface area contributed by atoms with Crippen LogP contribution in [0, 0.1) is 0 Å². The Bertz CT molecular complexity index is 382. The first kappa shape index (κ1) is 12.6. The van der Waals surface area contributed by atoms with E-state index < -0.39 is 11.9 Å². The molecule has 16 heavy (non-hydrogen) atoms. The highest BCUT2D eigenvalue weighted by atomic mass is 32.2. The third-order valence-electron chi connectivity index (χ3n) is 1.87. The van der Waals surface area contributed by atoms with Gasteiger partial charge in [-0.2, -0.15) is 0 Å². The molecule has 0 aliphatic carbocycles. The first-order valence-corrected chi connectivity index (χ1v) is 5.77. The Morgan fingerprint density at radius 1 is 1.12 bits per heavy atom. The molecule has 0 heterocycles. The summed E-state index contributed by atoms with van der Waals surface area (Å²) >= 11 is 1.46. The van der Waals surface area contributed by atoms with Gasteiger partial charge in [0, 0.05) is 4.90 Å². The van der Waals surface area contributed by atoms with Crippen LogP contribution in [0.4, 0.5) is 0 Å². The Labute approximate surface area is 97.3 Å². The quantitative estimate of drug-likeness (QED) is 0.774. The average molecular weight is 240 g/mol. The minimum absolute atomic E-state index is 0.0125. The third-order valence-corrected chi connectivity index (χ3v) is 3.05. The van der Waals surface area contributed by atoms with Gasteiger partial charge in [-0.15, -0.1) is 11.8 Å². The van der Waals surface area contributed by atoms with E-state index in [9.17, 15) is 9.59 Å². The Morgan fingerprint density at radius 3 is 2.00 bits per heavy atom. The zero-order chi connectivity index (χ0) is 12.1. The van der Waals surface area contributed by atoms with Gasteiger partial charge in [-0.1, -0.05) is 6.92 Å². The third kappa shape index (κ3) is 3.27. The lowest BCUT2D eigenvalue weighted by Gasteiger charge is -2.04. The van der Waals surface area contributed by atoms with Crippen LogP contribution in [0.3, 0.4) is 0 Å². The standard InChI is InChI=1S/C11H12O4S/c1-2-3-16-9-5-7(10(12)13)4-8(6-9)11(14)15/h4-6H,2-3H2,1H3,(H,12,13)(H,14,15). The van der Waals surface area contributed by atoms with E-state index >= 15 is 0 Å². The molecule has 0 fully saturated rings. The summed E-state index contributed by atoms with van der Waals surface area (Å²) in [6, 6.07) is 4.16. The van der Waals surface area contributed by atoms with Crippen LogP contribution < -0.4 is 0 Å². The summed E-state index contributed by atoms with van der Waals surface area (Å²) in [6.07, 6.45) is 0.949. The lowest BCUT2D eigenvalue weighted by atomic mass is 10.1. The normalized spacial score (nSPS) is 10.1. The van der Waals surface area contributed by atoms with E-state index in [1.54, 1.807) is 0 Å². The summed E-state index contributed by atoms with van der Waals surface area (Å²) in [6.45, 7) is 2.01. The minimum Gasteiger partial charge on any atom is -0.478 e. The van der Waals surface area contributed by atoms with Gasteiger partial charge in [0.25, 0.3) is 0 Å². The van der Waals surface area contributed by atoms with Crippen LogP contribution in [-0.2, 0) is 0 Å². The molecule has 5 heteroatoms. The van der Waals surface area contributed by atoms with Gasteiger partial charge in [-0.3, -0.25) is 0 Å². The lowest BCUT2D eigenvalue weighted by molar-refractivity contribution is 0.0696. The van der Waals surface area contributed by atoms with E-state index in [2.05, 4.69) is 0 Å². The number of aromatic carboxylic acids is 2. The van der Waals surface area contributed by atoms with E-state index in [0.717, 1.165) is 12.2 Å². The number of carboxylic acid groups (broad SMARTS) is 2. The fourth-order valence-electron chi connectivity index (χ4n) is 1.15. The Hall–Kier alpha value is -1.49. The van der Waals surface area contributed by atoms with Crippen LogP contribution in [0.25, 0.3) is 0 Å². The molecule has 86 valence electrons. The highest BCUT2D eigenvalue weighted by Crippen LogP contribution is 2.22. The molecule has 0 amide bonds. The number of hydrogen-bond acceptors (Lipinski definition) is 3. The fraction of sp³-hybridized carbons (Fsp3) is 0.273. The monoisotopic (exact) mass is 240 g/mol. The Kier molecular flexibility index (Phi) is 4.37. The highest BCUT2D eigenvalue weighted by molar-refractivity contribution is 7.99. The largest absolute Gasteiger partial charge is 0.478 e. The smallest absolute Gasteiger partial charge is 0.335 e. The van der Waals surface area contributed by atoms with Crippen molar-refractivity contribution in [3.05, 3.63) is 29.3 Å². The molecule has 2 N–H and O–H groups in total. The van der Waals surface area contributed by atoms with Gasteiger partial charge >= 0.3 is 11.9 Å². The van der Waals surface area contributed by atoms with Gasteiger partial charge in [0.15, 0.2) is 0 Å². The Morgan fingerprint density at radius 2 is 1.62 bits per heavy atom. The summed E-state index contributed by atoms with van der Waals surface area (Å²) in [5.74, 6) is -1.38. The maximum Gasteiger partial charge on any atom is 0.335 e. The van der Waals surface area contributed by atoms with Crippen molar-refractivity contribution in [2.45, 2.75) is 18.2 Å². The molecule has 0 aliphatic rings. The summed E-state index contributed by atoms with van der Waals surface area (Å²) in [5, 5.41) is 17.7. The van der Waals surface area contributed by atoms with Gasteiger partial charge in [0.05, 0.1) is 11.1 Å². The molecular formula is C11H12O4S. The molecular weight excluding hydrogens is 228 g/mol. The summed E-state index contributed by atoms with van der Waals surface area (Å²) in [5.41, 5.74) is 0.0250. The second kappa shape index (κ2) is 5.55. The zero-order valence-electron chi connectivity index (χ0n) is 8.77. The molecule has 0 atom stereocenters. The van der Waals surface area contributed by atoms with Crippen molar-refractivity contribution in [3.63, 3.8) is 0 Å². The predicted octanol–water partition coefficient (Wildman–Crippen LogP) is 2.59. The number of carbonyl (C=O) groups is 2. The molecule has 0 saturated carbocycles. The van der Waals surface area contributed by atoms with Gasteiger partial charge < -0.3 is 10.2 Å². The topological polar surface area (TPSA) is 74.6 Å². The molecule has 1 rings (SSSR count). The van der Waals surface area contributed by atoms with Gasteiger partial charge in [-0.05, 0) is 30.4 Å². The fourth-order valence-corrected chi connectivity index (χ4v) is 2.01. The predicted molar refractivity (Wildman–Crippen MR) is 61.4 cm³/mol. The van der Waals surface area contributed by atoms with Gasteiger partial charge in [0.1, 0.15) is 0 Å². The van der Waals surface area contributed by atoms with Crippen molar-refractivity contribution in [1.82, 2.24) is 0 Å². The van der Waals surface area contributed by atoms with Crippen LogP contribution in [-0.4, -0.2) is 27.9 Å². The maximum atomic E-state index is 10.8. The molecule has 1 aromatic rings. The van der Waals surface area contributed by atoms with E-state index in [-0.39, 0.29) is 11.1 Å². The molecule has 0 radical (unpaired) electrons. The van der Waals surface area contributed by atoms with Crippen molar-refractivity contribution in [3.8, 4) is 0 Å². The van der Waals surface area contributed by atoms with Crippen molar-refractivity contribution in [1.29, 1.82) is 0 Å². The molecule has 0 aliphatic heterocycles. The summed E-state index contributed by atoms with van der Waals surface area (Å²) in [7, 11) is 0. The molecule has 4 nitrogen and oxygen atoms in total. The second-order valence-electron chi connectivity index (χ2n) is 3.20. The molecule has 0 bridgehead atoms. The SMILES string of the molecule is CCCSc1cc(C(=O)O)cc(C(=O)O)c1. The number of hydrogen-bond donors (Lipinski definition) is 2. The lowest BCUT2D eigenvalue weighted by Crippen LogP contribution is -2.02. The number of carboxylic acids is 2. The number of benzene rings is 1. The van der Waals surface area contributed by atoms with Gasteiger partial charge in [-0.25, -0.2) is 9.59 Å². The van der Waals surface area contributed by atoms with E-state index in [0.29, 0.717) is 4.90 Å². The van der Waals surface area contributed by atoms with E-state index in [4.69, 9.17) is 10.2 Å². The van der Waals surface area contributed by atoms with Crippen LogP contribution in [0.1, 0.15) is 34.1 Å². The zero-order valence-corrected chi connectivity index (χ0v) is 9.58. The molecule has 0 saturated heterocycles. The Balaban J connectivity index is 3.08. The van der Waals surface area contributed by atoms with Crippen molar-refractivity contribution in [2.75, 3.05) is 5.75 Å². The van der Waals surface area contributed by atoms with Crippen LogP contribution in [0.15, 0.2) is 23.1 Å². The van der Waals surface area contributed by atoms with Crippen LogP contribution in [0.2, 0.25) is 0 Å². The van der Waals surface area contributed by atoms with E-state index in [1.165, 1.54) is 30.0 Å². The first-order valence-electron chi connectivity index (χ1n) is 4.79. The van der Waals surface area contributed by atoms with Crippen molar-refractivity contribution in [2.24, 2.45) is 0 Å². The highest BCUT2D eigenvalue weighted by Gasteiger charge is 2.11. The number of thioether (sulfide) groups is 1.